The summed E-state index contributed by atoms with van der Waals surface area (Å²) in [4.78, 5) is 11.3. The highest BCUT2D eigenvalue weighted by atomic mass is 16.5. The second kappa shape index (κ2) is 4.77. The summed E-state index contributed by atoms with van der Waals surface area (Å²) < 4.78 is 4.97. The molecule has 1 aromatic heterocycles. The van der Waals surface area contributed by atoms with Crippen LogP contribution in [0.25, 0.3) is 0 Å². The Kier molecular flexibility index (Phi) is 3.66. The predicted molar refractivity (Wildman–Crippen MR) is 58.7 cm³/mol. The topological polar surface area (TPSA) is 55.1 Å². The van der Waals surface area contributed by atoms with Gasteiger partial charge in [-0.05, 0) is 19.8 Å². The summed E-state index contributed by atoms with van der Waals surface area (Å²) in [5, 5.41) is 6.44. The molecule has 0 atom stereocenters. The number of rotatable bonds is 3. The number of nitrogens with one attached hydrogen (secondary N) is 1. The number of allylic oxidation sites excluding steroid dienone is 1. The second-order valence-electron chi connectivity index (χ2n) is 3.98. The Morgan fingerprint density at radius 2 is 2.20 bits per heavy atom. The van der Waals surface area contributed by atoms with Gasteiger partial charge in [0.25, 0.3) is 5.91 Å². The maximum atomic E-state index is 11.3. The molecule has 4 nitrogen and oxygen atoms in total. The number of amides is 1. The Morgan fingerprint density at radius 3 is 2.67 bits per heavy atom. The molecule has 0 radical (unpaired) electrons. The van der Waals surface area contributed by atoms with Crippen molar-refractivity contribution >= 4 is 11.8 Å². The molecule has 0 saturated heterocycles. The largest absolute Gasteiger partial charge is 0.338 e. The van der Waals surface area contributed by atoms with E-state index in [2.05, 4.69) is 10.5 Å². The van der Waals surface area contributed by atoms with E-state index in [0.717, 1.165) is 11.3 Å². The fourth-order valence-electron chi connectivity index (χ4n) is 1.04. The number of hydrogen-bond acceptors (Lipinski definition) is 3. The summed E-state index contributed by atoms with van der Waals surface area (Å²) in [5.74, 6) is 0.491. The van der Waals surface area contributed by atoms with Crippen LogP contribution in [-0.2, 0) is 4.79 Å². The molecule has 1 amide bonds. The van der Waals surface area contributed by atoms with Gasteiger partial charge in [-0.15, -0.1) is 0 Å². The van der Waals surface area contributed by atoms with E-state index in [0.29, 0.717) is 11.8 Å². The SMILES string of the molecule is CC(C)=CC(=O)Nc1cc(C(C)C)no1. The van der Waals surface area contributed by atoms with Crippen molar-refractivity contribution in [3.8, 4) is 0 Å². The molecule has 15 heavy (non-hydrogen) atoms. The first kappa shape index (κ1) is 11.5. The summed E-state index contributed by atoms with van der Waals surface area (Å²) in [6.07, 6.45) is 1.51. The van der Waals surface area contributed by atoms with Crippen molar-refractivity contribution in [3.05, 3.63) is 23.4 Å². The average Bonchev–Trinajstić information content (AvgIpc) is 2.50. The first-order valence-corrected chi connectivity index (χ1v) is 4.91. The van der Waals surface area contributed by atoms with Gasteiger partial charge in [-0.2, -0.15) is 0 Å². The van der Waals surface area contributed by atoms with Crippen molar-refractivity contribution < 1.29 is 9.32 Å². The lowest BCUT2D eigenvalue weighted by molar-refractivity contribution is -0.112. The van der Waals surface area contributed by atoms with Crippen LogP contribution in [0, 0.1) is 0 Å². The summed E-state index contributed by atoms with van der Waals surface area (Å²) >= 11 is 0. The van der Waals surface area contributed by atoms with E-state index in [9.17, 15) is 4.79 Å². The van der Waals surface area contributed by atoms with Crippen LogP contribution < -0.4 is 5.32 Å². The molecule has 0 unspecified atom stereocenters. The van der Waals surface area contributed by atoms with Crippen LogP contribution >= 0.6 is 0 Å². The molecule has 1 N–H and O–H groups in total. The van der Waals surface area contributed by atoms with E-state index >= 15 is 0 Å². The Bertz CT molecular complexity index is 374. The summed E-state index contributed by atoms with van der Waals surface area (Å²) in [7, 11) is 0. The van der Waals surface area contributed by atoms with Gasteiger partial charge in [0.2, 0.25) is 5.88 Å². The Labute approximate surface area is 89.3 Å². The molecule has 1 aromatic rings. The van der Waals surface area contributed by atoms with Gasteiger partial charge in [-0.25, -0.2) is 0 Å². The minimum Gasteiger partial charge on any atom is -0.338 e. The van der Waals surface area contributed by atoms with Crippen molar-refractivity contribution in [1.82, 2.24) is 5.16 Å². The summed E-state index contributed by atoms with van der Waals surface area (Å²) in [6, 6.07) is 1.74. The summed E-state index contributed by atoms with van der Waals surface area (Å²) in [6.45, 7) is 7.75. The highest BCUT2D eigenvalue weighted by Gasteiger charge is 2.08. The molecule has 0 aliphatic rings. The van der Waals surface area contributed by atoms with Gasteiger partial charge in [0.1, 0.15) is 0 Å². The zero-order valence-electron chi connectivity index (χ0n) is 9.50. The van der Waals surface area contributed by atoms with Crippen LogP contribution in [0.2, 0.25) is 0 Å². The van der Waals surface area contributed by atoms with E-state index in [-0.39, 0.29) is 5.91 Å². The van der Waals surface area contributed by atoms with Crippen LogP contribution in [-0.4, -0.2) is 11.1 Å². The second-order valence-corrected chi connectivity index (χ2v) is 3.98. The van der Waals surface area contributed by atoms with E-state index in [4.69, 9.17) is 4.52 Å². The monoisotopic (exact) mass is 208 g/mol. The number of nitrogens with zero attached hydrogens (tertiary/aromatic N) is 1. The molecule has 0 aliphatic heterocycles. The van der Waals surface area contributed by atoms with Crippen molar-refractivity contribution in [2.45, 2.75) is 33.6 Å². The third-order valence-corrected chi connectivity index (χ3v) is 1.79. The third-order valence-electron chi connectivity index (χ3n) is 1.79. The fraction of sp³-hybridized carbons (Fsp3) is 0.455. The molecule has 82 valence electrons. The van der Waals surface area contributed by atoms with Gasteiger partial charge in [0.15, 0.2) is 0 Å². The van der Waals surface area contributed by atoms with E-state index in [1.807, 2.05) is 27.7 Å². The van der Waals surface area contributed by atoms with E-state index < -0.39 is 0 Å². The standard InChI is InChI=1S/C11H16N2O2/c1-7(2)5-10(14)12-11-6-9(8(3)4)13-15-11/h5-6,8H,1-4H3,(H,12,14). The van der Waals surface area contributed by atoms with Crippen molar-refractivity contribution in [1.29, 1.82) is 0 Å². The smallest absolute Gasteiger partial charge is 0.250 e. The lowest BCUT2D eigenvalue weighted by Crippen LogP contribution is -2.07. The predicted octanol–water partition coefficient (Wildman–Crippen LogP) is 2.70. The molecule has 0 bridgehead atoms. The molecular formula is C11H16N2O2. The molecule has 0 saturated carbocycles. The van der Waals surface area contributed by atoms with Crippen LogP contribution in [0.4, 0.5) is 5.88 Å². The van der Waals surface area contributed by atoms with E-state index in [1.165, 1.54) is 6.08 Å². The number of carbonyl (C=O) groups is 1. The van der Waals surface area contributed by atoms with Gasteiger partial charge in [0, 0.05) is 12.1 Å². The van der Waals surface area contributed by atoms with Gasteiger partial charge in [-0.3, -0.25) is 10.1 Å². The van der Waals surface area contributed by atoms with Gasteiger partial charge >= 0.3 is 0 Å². The molecular weight excluding hydrogens is 192 g/mol. The normalized spacial score (nSPS) is 10.2. The van der Waals surface area contributed by atoms with E-state index in [1.54, 1.807) is 6.07 Å². The molecule has 0 fully saturated rings. The maximum Gasteiger partial charge on any atom is 0.250 e. The zero-order valence-corrected chi connectivity index (χ0v) is 9.50. The highest BCUT2D eigenvalue weighted by molar-refractivity contribution is 5.98. The first-order valence-electron chi connectivity index (χ1n) is 4.91. The van der Waals surface area contributed by atoms with Crippen LogP contribution in [0.15, 0.2) is 22.2 Å². The molecule has 1 rings (SSSR count). The van der Waals surface area contributed by atoms with Gasteiger partial charge in [0.05, 0.1) is 5.69 Å². The number of carbonyl (C=O) groups excluding carboxylic acids is 1. The van der Waals surface area contributed by atoms with Crippen LogP contribution in [0.3, 0.4) is 0 Å². The molecule has 4 heteroatoms. The van der Waals surface area contributed by atoms with Crippen LogP contribution in [0.1, 0.15) is 39.3 Å². The van der Waals surface area contributed by atoms with Crippen molar-refractivity contribution in [3.63, 3.8) is 0 Å². The maximum absolute atomic E-state index is 11.3. The lowest BCUT2D eigenvalue weighted by Gasteiger charge is -1.95. The highest BCUT2D eigenvalue weighted by Crippen LogP contribution is 2.17. The average molecular weight is 208 g/mol. The quantitative estimate of drug-likeness (QED) is 0.777. The Balaban J connectivity index is 2.65. The van der Waals surface area contributed by atoms with Gasteiger partial charge in [-0.1, -0.05) is 24.6 Å². The zero-order chi connectivity index (χ0) is 11.4. The number of anilines is 1. The molecule has 0 aliphatic carbocycles. The number of aromatic nitrogens is 1. The van der Waals surface area contributed by atoms with Gasteiger partial charge < -0.3 is 4.52 Å². The molecule has 0 aromatic carbocycles. The van der Waals surface area contributed by atoms with Crippen molar-refractivity contribution in [2.24, 2.45) is 0 Å². The third kappa shape index (κ3) is 3.58. The number of hydrogen-bond donors (Lipinski definition) is 1. The molecule has 1 heterocycles. The Hall–Kier alpha value is -1.58. The minimum absolute atomic E-state index is 0.193. The lowest BCUT2D eigenvalue weighted by atomic mass is 10.1. The van der Waals surface area contributed by atoms with Crippen LogP contribution in [0.5, 0.6) is 0 Å². The minimum atomic E-state index is -0.193. The molecule has 0 spiro atoms. The Morgan fingerprint density at radius 1 is 1.53 bits per heavy atom. The first-order chi connectivity index (χ1) is 6.99. The van der Waals surface area contributed by atoms with Crippen molar-refractivity contribution in [2.75, 3.05) is 5.32 Å². The fourth-order valence-corrected chi connectivity index (χ4v) is 1.04. The summed E-state index contributed by atoms with van der Waals surface area (Å²) in [5.41, 5.74) is 1.78.